The van der Waals surface area contributed by atoms with E-state index in [9.17, 15) is 0 Å². The first-order valence-corrected chi connectivity index (χ1v) is 7.30. The van der Waals surface area contributed by atoms with E-state index in [-0.39, 0.29) is 5.79 Å². The van der Waals surface area contributed by atoms with Gasteiger partial charge in [-0.3, -0.25) is 4.90 Å². The van der Waals surface area contributed by atoms with Crippen molar-refractivity contribution in [1.29, 1.82) is 0 Å². The van der Waals surface area contributed by atoms with Gasteiger partial charge in [0.1, 0.15) is 5.58 Å². The fraction of sp³-hybridized carbons (Fsp3) is 0.500. The van der Waals surface area contributed by atoms with Gasteiger partial charge in [-0.1, -0.05) is 18.2 Å². The zero-order valence-corrected chi connectivity index (χ0v) is 11.5. The predicted molar refractivity (Wildman–Crippen MR) is 75.4 cm³/mol. The Balaban J connectivity index is 1.53. The number of nitrogens with zero attached hydrogens (tertiary/aromatic N) is 1. The maximum Gasteiger partial charge on any atom is 0.181 e. The molecule has 4 nitrogen and oxygen atoms in total. The molecule has 0 amide bonds. The molecule has 1 aromatic carbocycles. The number of piperidine rings is 1. The first-order valence-electron chi connectivity index (χ1n) is 7.30. The van der Waals surface area contributed by atoms with Crippen molar-refractivity contribution in [2.45, 2.75) is 25.2 Å². The lowest BCUT2D eigenvalue weighted by Crippen LogP contribution is -2.48. The third-order valence-electron chi connectivity index (χ3n) is 4.27. The molecule has 1 aromatic heterocycles. The first-order chi connectivity index (χ1) is 9.85. The lowest BCUT2D eigenvalue weighted by atomic mass is 10.0. The molecular weight excluding hydrogens is 254 g/mol. The molecule has 106 valence electrons. The second kappa shape index (κ2) is 4.88. The molecule has 2 aliphatic rings. The lowest BCUT2D eigenvalue weighted by Gasteiger charge is -2.38. The summed E-state index contributed by atoms with van der Waals surface area (Å²) in [5.41, 5.74) is 2.21. The van der Waals surface area contributed by atoms with Gasteiger partial charge in [0.15, 0.2) is 5.79 Å². The largest absolute Gasteiger partial charge is 0.464 e. The van der Waals surface area contributed by atoms with Crippen LogP contribution in [0.3, 0.4) is 0 Å². The number of hydrogen-bond acceptors (Lipinski definition) is 4. The molecule has 4 heteroatoms. The van der Waals surface area contributed by atoms with Crippen LogP contribution in [0.1, 0.15) is 18.4 Å². The standard InChI is InChI=1S/C16H19NO3/c1-2-5-15-14(4-1)13(11-18-15)10-17-7-3-6-16(12-17)19-8-9-20-16/h1-2,4-5,11H,3,6-10,12H2. The highest BCUT2D eigenvalue weighted by Crippen LogP contribution is 2.31. The fourth-order valence-electron chi connectivity index (χ4n) is 3.33. The zero-order valence-electron chi connectivity index (χ0n) is 11.5. The average Bonchev–Trinajstić information content (AvgIpc) is 3.08. The van der Waals surface area contributed by atoms with Crippen molar-refractivity contribution in [3.05, 3.63) is 36.1 Å². The summed E-state index contributed by atoms with van der Waals surface area (Å²) in [4.78, 5) is 2.41. The van der Waals surface area contributed by atoms with Gasteiger partial charge >= 0.3 is 0 Å². The lowest BCUT2D eigenvalue weighted by molar-refractivity contribution is -0.190. The van der Waals surface area contributed by atoms with Gasteiger partial charge in [-0.05, 0) is 19.0 Å². The number of hydrogen-bond donors (Lipinski definition) is 0. The molecule has 2 saturated heterocycles. The molecule has 0 atom stereocenters. The molecule has 3 heterocycles. The SMILES string of the molecule is c1ccc2c(CN3CCCC4(C3)OCCO4)coc2c1. The van der Waals surface area contributed by atoms with Gasteiger partial charge in [0, 0.05) is 23.9 Å². The number of ether oxygens (including phenoxy) is 2. The summed E-state index contributed by atoms with van der Waals surface area (Å²) in [5, 5.41) is 1.21. The highest BCUT2D eigenvalue weighted by molar-refractivity contribution is 5.80. The normalized spacial score (nSPS) is 22.8. The van der Waals surface area contributed by atoms with Crippen LogP contribution in [-0.2, 0) is 16.0 Å². The maximum absolute atomic E-state index is 5.83. The molecule has 1 spiro atoms. The van der Waals surface area contributed by atoms with Crippen LogP contribution >= 0.6 is 0 Å². The highest BCUT2D eigenvalue weighted by Gasteiger charge is 2.40. The number of rotatable bonds is 2. The molecule has 0 unspecified atom stereocenters. The van der Waals surface area contributed by atoms with Crippen LogP contribution in [0.15, 0.2) is 34.9 Å². The third-order valence-corrected chi connectivity index (χ3v) is 4.27. The van der Waals surface area contributed by atoms with Gasteiger partial charge in [0.05, 0.1) is 26.0 Å². The molecule has 20 heavy (non-hydrogen) atoms. The Labute approximate surface area is 118 Å². The van der Waals surface area contributed by atoms with E-state index in [1.165, 1.54) is 10.9 Å². The van der Waals surface area contributed by atoms with Gasteiger partial charge in [-0.2, -0.15) is 0 Å². The van der Waals surface area contributed by atoms with E-state index in [2.05, 4.69) is 17.0 Å². The van der Waals surface area contributed by atoms with E-state index >= 15 is 0 Å². The van der Waals surface area contributed by atoms with Crippen LogP contribution in [0.4, 0.5) is 0 Å². The minimum Gasteiger partial charge on any atom is -0.464 e. The molecule has 2 aliphatic heterocycles. The molecule has 2 fully saturated rings. The van der Waals surface area contributed by atoms with Crippen LogP contribution in [-0.4, -0.2) is 37.0 Å². The van der Waals surface area contributed by atoms with Crippen molar-refractivity contribution >= 4 is 11.0 Å². The Morgan fingerprint density at radius 3 is 2.90 bits per heavy atom. The summed E-state index contributed by atoms with van der Waals surface area (Å²) in [6, 6.07) is 8.20. The minimum absolute atomic E-state index is 0.349. The zero-order chi connectivity index (χ0) is 13.4. The molecular formula is C16H19NO3. The quantitative estimate of drug-likeness (QED) is 0.842. The summed E-state index contributed by atoms with van der Waals surface area (Å²) < 4.78 is 17.3. The van der Waals surface area contributed by atoms with Gasteiger partial charge in [0.2, 0.25) is 0 Å². The predicted octanol–water partition coefficient (Wildman–Crippen LogP) is 2.77. The Kier molecular flexibility index (Phi) is 3.02. The van der Waals surface area contributed by atoms with Crippen molar-refractivity contribution in [1.82, 2.24) is 4.90 Å². The monoisotopic (exact) mass is 273 g/mol. The summed E-state index contributed by atoms with van der Waals surface area (Å²) in [6.45, 7) is 4.29. The molecule has 0 radical (unpaired) electrons. The number of fused-ring (bicyclic) bond motifs is 1. The number of likely N-dealkylation sites (tertiary alicyclic amines) is 1. The Hall–Kier alpha value is -1.36. The summed E-state index contributed by atoms with van der Waals surface area (Å²) in [5.74, 6) is -0.349. The van der Waals surface area contributed by atoms with Crippen molar-refractivity contribution < 1.29 is 13.9 Å². The van der Waals surface area contributed by atoms with E-state index in [4.69, 9.17) is 13.9 Å². The van der Waals surface area contributed by atoms with E-state index in [0.29, 0.717) is 0 Å². The van der Waals surface area contributed by atoms with E-state index in [1.54, 1.807) is 0 Å². The van der Waals surface area contributed by atoms with E-state index in [1.807, 2.05) is 18.4 Å². The topological polar surface area (TPSA) is 34.8 Å². The van der Waals surface area contributed by atoms with Crippen LogP contribution in [0.5, 0.6) is 0 Å². The number of para-hydroxylation sites is 1. The van der Waals surface area contributed by atoms with Gasteiger partial charge < -0.3 is 13.9 Å². The third kappa shape index (κ3) is 2.14. The van der Waals surface area contributed by atoms with Crippen molar-refractivity contribution in [2.24, 2.45) is 0 Å². The molecule has 0 bridgehead atoms. The van der Waals surface area contributed by atoms with Gasteiger partial charge in [-0.25, -0.2) is 0 Å². The second-order valence-electron chi connectivity index (χ2n) is 5.68. The smallest absolute Gasteiger partial charge is 0.181 e. The number of furan rings is 1. The molecule has 2 aromatic rings. The maximum atomic E-state index is 5.83. The molecule has 0 aliphatic carbocycles. The fourth-order valence-corrected chi connectivity index (χ4v) is 3.33. The summed E-state index contributed by atoms with van der Waals surface area (Å²) in [7, 11) is 0. The molecule has 4 rings (SSSR count). The summed E-state index contributed by atoms with van der Waals surface area (Å²) in [6.07, 6.45) is 4.01. The van der Waals surface area contributed by atoms with Gasteiger partial charge in [0.25, 0.3) is 0 Å². The Morgan fingerprint density at radius 1 is 1.15 bits per heavy atom. The van der Waals surface area contributed by atoms with E-state index < -0.39 is 0 Å². The van der Waals surface area contributed by atoms with Crippen LogP contribution in [0.2, 0.25) is 0 Å². The first kappa shape index (κ1) is 12.4. The van der Waals surface area contributed by atoms with Crippen molar-refractivity contribution in [2.75, 3.05) is 26.3 Å². The van der Waals surface area contributed by atoms with Crippen LogP contribution in [0.25, 0.3) is 11.0 Å². The Morgan fingerprint density at radius 2 is 2.00 bits per heavy atom. The molecule has 0 saturated carbocycles. The summed E-state index contributed by atoms with van der Waals surface area (Å²) >= 11 is 0. The van der Waals surface area contributed by atoms with Crippen LogP contribution in [0, 0.1) is 0 Å². The molecule has 0 N–H and O–H groups in total. The highest BCUT2D eigenvalue weighted by atomic mass is 16.7. The Bertz CT molecular complexity index is 601. The van der Waals surface area contributed by atoms with Crippen molar-refractivity contribution in [3.63, 3.8) is 0 Å². The van der Waals surface area contributed by atoms with E-state index in [0.717, 1.165) is 51.3 Å². The average molecular weight is 273 g/mol. The van der Waals surface area contributed by atoms with Crippen LogP contribution < -0.4 is 0 Å². The minimum atomic E-state index is -0.349. The van der Waals surface area contributed by atoms with Gasteiger partial charge in [-0.15, -0.1) is 0 Å². The number of benzene rings is 1. The van der Waals surface area contributed by atoms with Crippen molar-refractivity contribution in [3.8, 4) is 0 Å². The second-order valence-corrected chi connectivity index (χ2v) is 5.68.